The van der Waals surface area contributed by atoms with E-state index in [0.29, 0.717) is 0 Å². The number of benzene rings is 1. The SMILES string of the molecule is NP(=O)(C1=CCCC=C1)c1ccccc1. The van der Waals surface area contributed by atoms with Crippen LogP contribution >= 0.6 is 7.29 Å². The molecule has 1 aliphatic rings. The van der Waals surface area contributed by atoms with Gasteiger partial charge < -0.3 is 0 Å². The number of hydrogen-bond acceptors (Lipinski definition) is 1. The molecule has 1 aromatic carbocycles. The fourth-order valence-corrected chi connectivity index (χ4v) is 3.28. The van der Waals surface area contributed by atoms with Gasteiger partial charge in [-0.05, 0) is 25.0 Å². The van der Waals surface area contributed by atoms with Gasteiger partial charge in [0.1, 0.15) is 0 Å². The highest BCUT2D eigenvalue weighted by Gasteiger charge is 2.23. The Hall–Kier alpha value is -1.11. The normalized spacial score (nSPS) is 19.4. The van der Waals surface area contributed by atoms with Crippen LogP contribution in [-0.4, -0.2) is 0 Å². The molecule has 2 rings (SSSR count). The molecule has 0 spiro atoms. The van der Waals surface area contributed by atoms with Gasteiger partial charge in [-0.1, -0.05) is 36.4 Å². The predicted molar refractivity (Wildman–Crippen MR) is 64.3 cm³/mol. The molecule has 0 fully saturated rings. The number of nitrogens with two attached hydrogens (primary N) is 1. The van der Waals surface area contributed by atoms with Gasteiger partial charge in [0.25, 0.3) is 0 Å². The topological polar surface area (TPSA) is 43.1 Å². The van der Waals surface area contributed by atoms with Gasteiger partial charge in [-0.3, -0.25) is 10.1 Å². The molecule has 0 bridgehead atoms. The summed E-state index contributed by atoms with van der Waals surface area (Å²) in [6.07, 6.45) is 7.83. The Morgan fingerprint density at radius 1 is 1.13 bits per heavy atom. The maximum atomic E-state index is 12.4. The number of rotatable bonds is 2. The average Bonchev–Trinajstić information content (AvgIpc) is 2.31. The Morgan fingerprint density at radius 3 is 2.47 bits per heavy atom. The molecule has 0 aromatic heterocycles. The maximum absolute atomic E-state index is 12.4. The fraction of sp³-hybridized carbons (Fsp3) is 0.167. The Morgan fingerprint density at radius 2 is 1.87 bits per heavy atom. The molecule has 1 aliphatic carbocycles. The summed E-state index contributed by atoms with van der Waals surface area (Å²) >= 11 is 0. The minimum Gasteiger partial charge on any atom is -0.297 e. The lowest BCUT2D eigenvalue weighted by molar-refractivity contribution is 0.586. The average molecular weight is 219 g/mol. The highest BCUT2D eigenvalue weighted by molar-refractivity contribution is 7.73. The molecule has 1 atom stereocenters. The maximum Gasteiger partial charge on any atom is 0.201 e. The molecule has 15 heavy (non-hydrogen) atoms. The predicted octanol–water partition coefficient (Wildman–Crippen LogP) is 2.78. The van der Waals surface area contributed by atoms with Crippen molar-refractivity contribution in [3.8, 4) is 0 Å². The van der Waals surface area contributed by atoms with E-state index in [1.54, 1.807) is 0 Å². The van der Waals surface area contributed by atoms with E-state index in [-0.39, 0.29) is 0 Å². The van der Waals surface area contributed by atoms with Crippen LogP contribution in [0.5, 0.6) is 0 Å². The first-order chi connectivity index (χ1) is 7.21. The number of hydrogen-bond donors (Lipinski definition) is 1. The van der Waals surface area contributed by atoms with Crippen LogP contribution in [-0.2, 0) is 4.57 Å². The van der Waals surface area contributed by atoms with Crippen molar-refractivity contribution in [2.24, 2.45) is 5.50 Å². The van der Waals surface area contributed by atoms with Crippen molar-refractivity contribution in [3.05, 3.63) is 53.9 Å². The standard InChI is InChI=1S/C12H14NOP/c13-15(14,11-7-3-1-4-8-11)12-9-5-2-6-10-12/h1,3-5,7-10H,2,6H2,(H2,13,14). The second-order valence-electron chi connectivity index (χ2n) is 3.60. The lowest BCUT2D eigenvalue weighted by Gasteiger charge is -2.16. The van der Waals surface area contributed by atoms with E-state index in [1.807, 2.05) is 48.6 Å². The molecule has 0 aliphatic heterocycles. The van der Waals surface area contributed by atoms with Gasteiger partial charge in [0.05, 0.1) is 0 Å². The third-order valence-corrected chi connectivity index (χ3v) is 4.66. The first-order valence-electron chi connectivity index (χ1n) is 5.03. The summed E-state index contributed by atoms with van der Waals surface area (Å²) in [5, 5.41) is 1.50. The minimum absolute atomic E-state index is 0.725. The molecule has 2 N–H and O–H groups in total. The van der Waals surface area contributed by atoms with Crippen LogP contribution < -0.4 is 10.8 Å². The summed E-state index contributed by atoms with van der Waals surface area (Å²) in [4.78, 5) is 0. The Balaban J connectivity index is 2.39. The zero-order valence-electron chi connectivity index (χ0n) is 8.47. The van der Waals surface area contributed by atoms with Crippen LogP contribution in [0.15, 0.2) is 53.9 Å². The Labute approximate surface area is 89.9 Å². The second-order valence-corrected chi connectivity index (χ2v) is 5.95. The van der Waals surface area contributed by atoms with Crippen LogP contribution in [0.1, 0.15) is 12.8 Å². The van der Waals surface area contributed by atoms with Gasteiger partial charge in [-0.15, -0.1) is 0 Å². The van der Waals surface area contributed by atoms with Crippen LogP contribution in [0.4, 0.5) is 0 Å². The molecular formula is C12H14NOP. The number of allylic oxidation sites excluding steroid dienone is 4. The second kappa shape index (κ2) is 4.18. The van der Waals surface area contributed by atoms with Gasteiger partial charge in [0.2, 0.25) is 7.29 Å². The van der Waals surface area contributed by atoms with E-state index in [2.05, 4.69) is 0 Å². The summed E-state index contributed by atoms with van der Waals surface area (Å²) in [6.45, 7) is 0. The first-order valence-corrected chi connectivity index (χ1v) is 6.80. The molecule has 1 unspecified atom stereocenters. The van der Waals surface area contributed by atoms with E-state index >= 15 is 0 Å². The molecule has 2 nitrogen and oxygen atoms in total. The molecule has 0 saturated carbocycles. The molecule has 1 aromatic rings. The van der Waals surface area contributed by atoms with Crippen molar-refractivity contribution in [2.45, 2.75) is 12.8 Å². The molecule has 0 radical (unpaired) electrons. The summed E-state index contributed by atoms with van der Waals surface area (Å²) in [7, 11) is -2.85. The zero-order valence-corrected chi connectivity index (χ0v) is 9.36. The van der Waals surface area contributed by atoms with E-state index in [4.69, 9.17) is 5.50 Å². The lowest BCUT2D eigenvalue weighted by Crippen LogP contribution is -2.12. The van der Waals surface area contributed by atoms with Crippen LogP contribution in [0.25, 0.3) is 0 Å². The zero-order chi connectivity index (χ0) is 10.7. The van der Waals surface area contributed by atoms with Crippen LogP contribution in [0.3, 0.4) is 0 Å². The third kappa shape index (κ3) is 2.11. The Bertz CT molecular complexity index is 448. The van der Waals surface area contributed by atoms with E-state index in [0.717, 1.165) is 23.5 Å². The largest absolute Gasteiger partial charge is 0.297 e. The summed E-state index contributed by atoms with van der Waals surface area (Å²) in [5.74, 6) is 0. The van der Waals surface area contributed by atoms with E-state index in [9.17, 15) is 4.57 Å². The summed E-state index contributed by atoms with van der Waals surface area (Å²) in [5.41, 5.74) is 5.95. The molecule has 0 saturated heterocycles. The minimum atomic E-state index is -2.85. The summed E-state index contributed by atoms with van der Waals surface area (Å²) < 4.78 is 12.4. The fourth-order valence-electron chi connectivity index (χ4n) is 1.64. The van der Waals surface area contributed by atoms with Gasteiger partial charge in [0, 0.05) is 10.6 Å². The van der Waals surface area contributed by atoms with Crippen molar-refractivity contribution in [3.63, 3.8) is 0 Å². The van der Waals surface area contributed by atoms with Crippen molar-refractivity contribution in [1.29, 1.82) is 0 Å². The molecule has 3 heteroatoms. The summed E-state index contributed by atoms with van der Waals surface area (Å²) in [6, 6.07) is 9.27. The van der Waals surface area contributed by atoms with Gasteiger partial charge in [0.15, 0.2) is 0 Å². The molecule has 0 heterocycles. The molecule has 0 amide bonds. The smallest absolute Gasteiger partial charge is 0.201 e. The van der Waals surface area contributed by atoms with Crippen molar-refractivity contribution < 1.29 is 4.57 Å². The van der Waals surface area contributed by atoms with Crippen molar-refractivity contribution in [2.75, 3.05) is 0 Å². The third-order valence-electron chi connectivity index (χ3n) is 2.50. The van der Waals surface area contributed by atoms with Gasteiger partial charge in [-0.2, -0.15) is 0 Å². The van der Waals surface area contributed by atoms with Gasteiger partial charge >= 0.3 is 0 Å². The monoisotopic (exact) mass is 219 g/mol. The highest BCUT2D eigenvalue weighted by atomic mass is 31.2. The Kier molecular flexibility index (Phi) is 2.90. The lowest BCUT2D eigenvalue weighted by atomic mass is 10.2. The van der Waals surface area contributed by atoms with E-state index in [1.165, 1.54) is 0 Å². The van der Waals surface area contributed by atoms with Crippen molar-refractivity contribution >= 4 is 12.6 Å². The van der Waals surface area contributed by atoms with Crippen LogP contribution in [0.2, 0.25) is 0 Å². The quantitative estimate of drug-likeness (QED) is 0.777. The highest BCUT2D eigenvalue weighted by Crippen LogP contribution is 2.46. The van der Waals surface area contributed by atoms with Crippen molar-refractivity contribution in [1.82, 2.24) is 0 Å². The molecule has 78 valence electrons. The van der Waals surface area contributed by atoms with E-state index < -0.39 is 7.29 Å². The first kappa shape index (κ1) is 10.4. The van der Waals surface area contributed by atoms with Crippen LogP contribution in [0, 0.1) is 0 Å². The van der Waals surface area contributed by atoms with Gasteiger partial charge in [-0.25, -0.2) is 0 Å². The molecular weight excluding hydrogens is 205 g/mol.